The number of ether oxygens (including phenoxy) is 1. The van der Waals surface area contributed by atoms with Crippen LogP contribution in [-0.4, -0.2) is 12.1 Å². The van der Waals surface area contributed by atoms with Gasteiger partial charge in [-0.3, -0.25) is 4.98 Å². The minimum absolute atomic E-state index is 0.374. The highest BCUT2D eigenvalue weighted by molar-refractivity contribution is 6.53. The molecular weight excluding hydrogens is 272 g/mol. The number of hydrogen-bond acceptors (Lipinski definition) is 3. The van der Waals surface area contributed by atoms with Gasteiger partial charge in [0.1, 0.15) is 11.8 Å². The minimum Gasteiger partial charge on any atom is -0.496 e. The first-order valence-electron chi connectivity index (χ1n) is 6.02. The fourth-order valence-electron chi connectivity index (χ4n) is 1.89. The molecule has 0 atom stereocenters. The van der Waals surface area contributed by atoms with E-state index in [9.17, 15) is 5.26 Å². The molecule has 2 aromatic rings. The summed E-state index contributed by atoms with van der Waals surface area (Å²) in [6.45, 7) is 1.96. The zero-order valence-corrected chi connectivity index (χ0v) is 12.0. The lowest BCUT2D eigenvalue weighted by Gasteiger charge is -2.10. The average Bonchev–Trinajstić information content (AvgIpc) is 2.49. The predicted molar refractivity (Wildman–Crippen MR) is 80.2 cm³/mol. The lowest BCUT2D eigenvalue weighted by molar-refractivity contribution is 0.413. The van der Waals surface area contributed by atoms with Crippen LogP contribution < -0.4 is 4.74 Å². The van der Waals surface area contributed by atoms with Gasteiger partial charge in [0.2, 0.25) is 0 Å². The molecule has 0 radical (unpaired) electrons. The van der Waals surface area contributed by atoms with E-state index in [0.29, 0.717) is 21.9 Å². The summed E-state index contributed by atoms with van der Waals surface area (Å²) < 4.78 is 5.31. The average molecular weight is 285 g/mol. The molecule has 0 saturated carbocycles. The third kappa shape index (κ3) is 2.81. The van der Waals surface area contributed by atoms with E-state index in [1.807, 2.05) is 25.1 Å². The number of hydrogen-bond donors (Lipinski definition) is 0. The van der Waals surface area contributed by atoms with Gasteiger partial charge in [0.25, 0.3) is 0 Å². The Morgan fingerprint density at radius 1 is 1.25 bits per heavy atom. The normalized spacial score (nSPS) is 11.5. The number of methoxy groups -OCH3 is 1. The van der Waals surface area contributed by atoms with Crippen molar-refractivity contribution in [2.45, 2.75) is 6.92 Å². The van der Waals surface area contributed by atoms with Crippen LogP contribution in [0.15, 0.2) is 42.7 Å². The van der Waals surface area contributed by atoms with Gasteiger partial charge >= 0.3 is 0 Å². The van der Waals surface area contributed by atoms with Gasteiger partial charge in [-0.2, -0.15) is 5.26 Å². The van der Waals surface area contributed by atoms with Gasteiger partial charge in [-0.15, -0.1) is 0 Å². The van der Waals surface area contributed by atoms with Crippen LogP contribution in [0.2, 0.25) is 0 Å². The second kappa shape index (κ2) is 6.23. The molecule has 100 valence electrons. The predicted octanol–water partition coefficient (Wildman–Crippen LogP) is 4.03. The van der Waals surface area contributed by atoms with Crippen molar-refractivity contribution in [2.24, 2.45) is 0 Å². The number of nitriles is 1. The first kappa shape index (κ1) is 14.1. The van der Waals surface area contributed by atoms with Crippen molar-refractivity contribution in [2.75, 3.05) is 7.11 Å². The molecule has 1 aromatic heterocycles. The molecule has 0 saturated heterocycles. The molecule has 20 heavy (non-hydrogen) atoms. The Morgan fingerprint density at radius 2 is 1.95 bits per heavy atom. The zero-order valence-electron chi connectivity index (χ0n) is 11.2. The second-order valence-corrected chi connectivity index (χ2v) is 4.62. The van der Waals surface area contributed by atoms with E-state index in [1.54, 1.807) is 31.6 Å². The molecule has 0 aliphatic carbocycles. The van der Waals surface area contributed by atoms with E-state index < -0.39 is 0 Å². The summed E-state index contributed by atoms with van der Waals surface area (Å²) in [5, 5.41) is 9.76. The van der Waals surface area contributed by atoms with Crippen molar-refractivity contribution in [3.63, 3.8) is 0 Å². The maximum Gasteiger partial charge on any atom is 0.127 e. The first-order chi connectivity index (χ1) is 9.67. The maximum atomic E-state index is 9.39. The van der Waals surface area contributed by atoms with Crippen molar-refractivity contribution >= 4 is 22.2 Å². The molecule has 1 aromatic carbocycles. The molecule has 0 fully saturated rings. The molecule has 0 N–H and O–H groups in total. The van der Waals surface area contributed by atoms with Gasteiger partial charge in [-0.1, -0.05) is 23.2 Å². The van der Waals surface area contributed by atoms with Crippen LogP contribution in [0.1, 0.15) is 16.7 Å². The highest BCUT2D eigenvalue weighted by Gasteiger charge is 2.13. The van der Waals surface area contributed by atoms with Crippen molar-refractivity contribution in [3.05, 3.63) is 59.4 Å². The summed E-state index contributed by atoms with van der Waals surface area (Å²) in [4.78, 5) is 3.94. The van der Waals surface area contributed by atoms with Gasteiger partial charge in [-0.25, -0.2) is 0 Å². The van der Waals surface area contributed by atoms with E-state index in [4.69, 9.17) is 16.3 Å². The van der Waals surface area contributed by atoms with Crippen LogP contribution in [0, 0.1) is 18.3 Å². The molecular formula is C16H13ClN2O. The lowest BCUT2D eigenvalue weighted by atomic mass is 10.0. The van der Waals surface area contributed by atoms with Gasteiger partial charge < -0.3 is 4.74 Å². The summed E-state index contributed by atoms with van der Waals surface area (Å²) in [5.41, 5.74) is 2.89. The fourth-order valence-corrected chi connectivity index (χ4v) is 2.19. The van der Waals surface area contributed by atoms with Crippen molar-refractivity contribution < 1.29 is 4.74 Å². The number of allylic oxidation sites excluding steroid dienone is 1. The van der Waals surface area contributed by atoms with Crippen LogP contribution in [0.3, 0.4) is 0 Å². The zero-order chi connectivity index (χ0) is 14.5. The summed E-state index contributed by atoms with van der Waals surface area (Å²) in [5.74, 6) is 0.641. The molecule has 0 aliphatic rings. The van der Waals surface area contributed by atoms with Crippen LogP contribution in [0.4, 0.5) is 0 Å². The van der Waals surface area contributed by atoms with Gasteiger partial charge in [0, 0.05) is 18.0 Å². The molecule has 0 aliphatic heterocycles. The van der Waals surface area contributed by atoms with E-state index in [0.717, 1.165) is 11.1 Å². The number of benzene rings is 1. The first-order valence-corrected chi connectivity index (χ1v) is 6.40. The van der Waals surface area contributed by atoms with Gasteiger partial charge in [-0.05, 0) is 36.8 Å². The highest BCUT2D eigenvalue weighted by Crippen LogP contribution is 2.35. The Hall–Kier alpha value is -2.31. The summed E-state index contributed by atoms with van der Waals surface area (Å²) in [6, 6.07) is 11.3. The van der Waals surface area contributed by atoms with Crippen LogP contribution >= 0.6 is 11.6 Å². The van der Waals surface area contributed by atoms with E-state index in [1.165, 1.54) is 0 Å². The largest absolute Gasteiger partial charge is 0.496 e. The molecule has 0 bridgehead atoms. The molecule has 1 heterocycles. The molecule has 0 amide bonds. The summed E-state index contributed by atoms with van der Waals surface area (Å²) in [7, 11) is 1.58. The second-order valence-electron chi connectivity index (χ2n) is 4.24. The standard InChI is InChI=1S/C16H13ClN2O/c1-11-3-4-15(20-2)13(9-11)16(17)14(10-18)12-5-7-19-8-6-12/h3-9H,1-2H3/b16-14+. The Morgan fingerprint density at radius 3 is 2.55 bits per heavy atom. The highest BCUT2D eigenvalue weighted by atomic mass is 35.5. The summed E-state index contributed by atoms with van der Waals surface area (Å²) in [6.07, 6.45) is 3.26. The van der Waals surface area contributed by atoms with E-state index in [-0.39, 0.29) is 0 Å². The number of aromatic nitrogens is 1. The van der Waals surface area contributed by atoms with Crippen molar-refractivity contribution in [3.8, 4) is 11.8 Å². The Kier molecular flexibility index (Phi) is 4.39. The van der Waals surface area contributed by atoms with Crippen molar-refractivity contribution in [1.82, 2.24) is 4.98 Å². The van der Waals surface area contributed by atoms with E-state index >= 15 is 0 Å². The third-order valence-corrected chi connectivity index (χ3v) is 3.28. The fraction of sp³-hybridized carbons (Fsp3) is 0.125. The number of nitrogens with zero attached hydrogens (tertiary/aromatic N) is 2. The molecule has 0 spiro atoms. The summed E-state index contributed by atoms with van der Waals surface area (Å²) >= 11 is 6.42. The lowest BCUT2D eigenvalue weighted by Crippen LogP contribution is -1.92. The van der Waals surface area contributed by atoms with Gasteiger partial charge in [0.15, 0.2) is 0 Å². The Balaban J connectivity index is 2.64. The quantitative estimate of drug-likeness (QED) is 0.800. The van der Waals surface area contributed by atoms with Gasteiger partial charge in [0.05, 0.1) is 17.7 Å². The number of rotatable bonds is 3. The molecule has 0 unspecified atom stereocenters. The maximum absolute atomic E-state index is 9.39. The molecule has 3 nitrogen and oxygen atoms in total. The Bertz CT molecular complexity index is 687. The third-order valence-electron chi connectivity index (χ3n) is 2.89. The number of aryl methyl sites for hydroxylation is 1. The molecule has 4 heteroatoms. The van der Waals surface area contributed by atoms with Crippen molar-refractivity contribution in [1.29, 1.82) is 5.26 Å². The van der Waals surface area contributed by atoms with Crippen LogP contribution in [0.25, 0.3) is 10.6 Å². The van der Waals surface area contributed by atoms with Crippen LogP contribution in [0.5, 0.6) is 5.75 Å². The molecule has 2 rings (SSSR count). The van der Waals surface area contributed by atoms with E-state index in [2.05, 4.69) is 11.1 Å². The Labute approximate surface area is 123 Å². The minimum atomic E-state index is 0.374. The SMILES string of the molecule is COc1ccc(C)cc1/C(Cl)=C(/C#N)c1ccncc1. The number of halogens is 1. The monoisotopic (exact) mass is 284 g/mol. The smallest absolute Gasteiger partial charge is 0.127 e. The van der Waals surface area contributed by atoms with Crippen LogP contribution in [-0.2, 0) is 0 Å². The topological polar surface area (TPSA) is 45.9 Å². The number of pyridine rings is 1.